The van der Waals surface area contributed by atoms with Gasteiger partial charge in [-0.05, 0) is 24.3 Å². The third-order valence-electron chi connectivity index (χ3n) is 3.06. The summed E-state index contributed by atoms with van der Waals surface area (Å²) in [6.45, 7) is 0. The first-order chi connectivity index (χ1) is 10.1. The topological polar surface area (TPSA) is 42.0 Å². The van der Waals surface area contributed by atoms with E-state index in [2.05, 4.69) is 10.3 Å². The average Bonchev–Trinajstić information content (AvgIpc) is 2.47. The van der Waals surface area contributed by atoms with Crippen molar-refractivity contribution < 1.29 is 13.6 Å². The number of fused-ring (bicyclic) bond motifs is 1. The number of carbonyl (C=O) groups is 1. The largest absolute Gasteiger partial charge is 0.320 e. The molecule has 0 spiro atoms. The van der Waals surface area contributed by atoms with E-state index in [1.807, 2.05) is 12.1 Å². The van der Waals surface area contributed by atoms with Gasteiger partial charge >= 0.3 is 0 Å². The third kappa shape index (κ3) is 2.58. The van der Waals surface area contributed by atoms with Crippen LogP contribution in [0.25, 0.3) is 10.9 Å². The first kappa shape index (κ1) is 13.2. The van der Waals surface area contributed by atoms with Gasteiger partial charge in [-0.3, -0.25) is 9.78 Å². The van der Waals surface area contributed by atoms with E-state index in [0.29, 0.717) is 17.3 Å². The van der Waals surface area contributed by atoms with E-state index < -0.39 is 17.5 Å². The lowest BCUT2D eigenvalue weighted by Gasteiger charge is -2.08. The molecule has 3 nitrogen and oxygen atoms in total. The normalized spacial score (nSPS) is 10.6. The molecule has 21 heavy (non-hydrogen) atoms. The number of nitrogens with one attached hydrogen (secondary N) is 1. The lowest BCUT2D eigenvalue weighted by Crippen LogP contribution is -2.14. The predicted octanol–water partition coefficient (Wildman–Crippen LogP) is 3.77. The van der Waals surface area contributed by atoms with Gasteiger partial charge in [0.15, 0.2) is 0 Å². The van der Waals surface area contributed by atoms with Gasteiger partial charge in [0.1, 0.15) is 11.6 Å². The van der Waals surface area contributed by atoms with Crippen molar-refractivity contribution in [3.63, 3.8) is 0 Å². The van der Waals surface area contributed by atoms with Crippen molar-refractivity contribution in [1.29, 1.82) is 0 Å². The molecule has 0 saturated carbocycles. The second kappa shape index (κ2) is 5.28. The van der Waals surface area contributed by atoms with Gasteiger partial charge in [-0.15, -0.1) is 0 Å². The SMILES string of the molecule is O=C(Nc1cccc2cccnc12)c1ccc(F)cc1F. The zero-order chi connectivity index (χ0) is 14.8. The van der Waals surface area contributed by atoms with E-state index in [-0.39, 0.29) is 5.56 Å². The second-order valence-corrected chi connectivity index (χ2v) is 4.46. The Labute approximate surface area is 119 Å². The van der Waals surface area contributed by atoms with Crippen LogP contribution < -0.4 is 5.32 Å². The molecule has 0 unspecified atom stereocenters. The minimum Gasteiger partial charge on any atom is -0.320 e. The Morgan fingerprint density at radius 2 is 1.86 bits per heavy atom. The van der Waals surface area contributed by atoms with Crippen molar-refractivity contribution in [2.24, 2.45) is 0 Å². The maximum atomic E-state index is 13.6. The Balaban J connectivity index is 1.97. The van der Waals surface area contributed by atoms with Crippen molar-refractivity contribution in [3.8, 4) is 0 Å². The number of amides is 1. The first-order valence-electron chi connectivity index (χ1n) is 6.25. The number of pyridine rings is 1. The van der Waals surface area contributed by atoms with E-state index in [0.717, 1.165) is 17.5 Å². The fourth-order valence-electron chi connectivity index (χ4n) is 2.07. The minimum absolute atomic E-state index is 0.218. The number of aromatic nitrogens is 1. The average molecular weight is 284 g/mol. The molecule has 0 radical (unpaired) electrons. The summed E-state index contributed by atoms with van der Waals surface area (Å²) in [5.74, 6) is -2.28. The van der Waals surface area contributed by atoms with Crippen LogP contribution in [0.3, 0.4) is 0 Å². The molecule has 1 heterocycles. The van der Waals surface area contributed by atoms with Crippen LogP contribution >= 0.6 is 0 Å². The Bertz CT molecular complexity index is 828. The number of para-hydroxylation sites is 1. The Kier molecular flexibility index (Phi) is 3.31. The van der Waals surface area contributed by atoms with Gasteiger partial charge in [0.05, 0.1) is 16.8 Å². The number of carbonyl (C=O) groups excluding carboxylic acids is 1. The van der Waals surface area contributed by atoms with E-state index in [9.17, 15) is 13.6 Å². The van der Waals surface area contributed by atoms with Crippen LogP contribution in [0.2, 0.25) is 0 Å². The van der Waals surface area contributed by atoms with E-state index >= 15 is 0 Å². The summed E-state index contributed by atoms with van der Waals surface area (Å²) >= 11 is 0. The van der Waals surface area contributed by atoms with Crippen LogP contribution in [0.1, 0.15) is 10.4 Å². The maximum absolute atomic E-state index is 13.6. The monoisotopic (exact) mass is 284 g/mol. The van der Waals surface area contributed by atoms with Gasteiger partial charge in [-0.25, -0.2) is 8.78 Å². The maximum Gasteiger partial charge on any atom is 0.258 e. The van der Waals surface area contributed by atoms with Gasteiger partial charge in [0, 0.05) is 17.6 Å². The summed E-state index contributed by atoms with van der Waals surface area (Å²) in [5, 5.41) is 3.45. The molecule has 0 atom stereocenters. The van der Waals surface area contributed by atoms with Crippen LogP contribution in [0.4, 0.5) is 14.5 Å². The highest BCUT2D eigenvalue weighted by Crippen LogP contribution is 2.21. The number of halogens is 2. The van der Waals surface area contributed by atoms with E-state index in [1.165, 1.54) is 0 Å². The third-order valence-corrected chi connectivity index (χ3v) is 3.06. The molecule has 0 bridgehead atoms. The summed E-state index contributed by atoms with van der Waals surface area (Å²) in [6.07, 6.45) is 1.61. The van der Waals surface area contributed by atoms with Crippen LogP contribution in [0.5, 0.6) is 0 Å². The van der Waals surface area contributed by atoms with Gasteiger partial charge in [0.2, 0.25) is 0 Å². The lowest BCUT2D eigenvalue weighted by atomic mass is 10.1. The predicted molar refractivity (Wildman–Crippen MR) is 76.1 cm³/mol. The summed E-state index contributed by atoms with van der Waals surface area (Å²) < 4.78 is 26.5. The van der Waals surface area contributed by atoms with Crippen LogP contribution in [0.15, 0.2) is 54.7 Å². The zero-order valence-electron chi connectivity index (χ0n) is 10.8. The summed E-state index contributed by atoms with van der Waals surface area (Å²) in [4.78, 5) is 16.3. The molecule has 0 fully saturated rings. The molecule has 104 valence electrons. The smallest absolute Gasteiger partial charge is 0.258 e. The van der Waals surface area contributed by atoms with Crippen molar-refractivity contribution in [2.75, 3.05) is 5.32 Å². The van der Waals surface area contributed by atoms with Crippen molar-refractivity contribution in [1.82, 2.24) is 4.98 Å². The highest BCUT2D eigenvalue weighted by atomic mass is 19.1. The fraction of sp³-hybridized carbons (Fsp3) is 0. The summed E-state index contributed by atoms with van der Waals surface area (Å²) in [7, 11) is 0. The molecule has 5 heteroatoms. The molecule has 0 aliphatic carbocycles. The number of nitrogens with zero attached hydrogens (tertiary/aromatic N) is 1. The van der Waals surface area contributed by atoms with Gasteiger partial charge in [0.25, 0.3) is 5.91 Å². The number of rotatable bonds is 2. The van der Waals surface area contributed by atoms with Gasteiger partial charge in [-0.1, -0.05) is 18.2 Å². The fourth-order valence-corrected chi connectivity index (χ4v) is 2.07. The molecule has 0 aliphatic rings. The molecule has 1 aromatic heterocycles. The minimum atomic E-state index is -0.902. The molecule has 2 aromatic carbocycles. The summed E-state index contributed by atoms with van der Waals surface area (Å²) in [5.41, 5.74) is 0.863. The Hall–Kier alpha value is -2.82. The molecule has 0 saturated heterocycles. The number of benzene rings is 2. The Morgan fingerprint density at radius 3 is 2.67 bits per heavy atom. The highest BCUT2D eigenvalue weighted by molar-refractivity contribution is 6.08. The van der Waals surface area contributed by atoms with Crippen molar-refractivity contribution in [2.45, 2.75) is 0 Å². The highest BCUT2D eigenvalue weighted by Gasteiger charge is 2.14. The zero-order valence-corrected chi connectivity index (χ0v) is 10.8. The molecule has 1 N–H and O–H groups in total. The number of hydrogen-bond acceptors (Lipinski definition) is 2. The molecule has 1 amide bonds. The molecular formula is C16H10F2N2O. The van der Waals surface area contributed by atoms with E-state index in [1.54, 1.807) is 24.4 Å². The van der Waals surface area contributed by atoms with Gasteiger partial charge in [-0.2, -0.15) is 0 Å². The summed E-state index contributed by atoms with van der Waals surface area (Å²) in [6, 6.07) is 11.8. The number of hydrogen-bond donors (Lipinski definition) is 1. The first-order valence-corrected chi connectivity index (χ1v) is 6.25. The van der Waals surface area contributed by atoms with E-state index in [4.69, 9.17) is 0 Å². The van der Waals surface area contributed by atoms with Crippen molar-refractivity contribution >= 4 is 22.5 Å². The molecule has 3 aromatic rings. The molecule has 3 rings (SSSR count). The quantitative estimate of drug-likeness (QED) is 0.778. The second-order valence-electron chi connectivity index (χ2n) is 4.46. The van der Waals surface area contributed by atoms with Crippen LogP contribution in [-0.2, 0) is 0 Å². The Morgan fingerprint density at radius 1 is 1.05 bits per heavy atom. The van der Waals surface area contributed by atoms with Crippen LogP contribution in [-0.4, -0.2) is 10.9 Å². The van der Waals surface area contributed by atoms with Crippen molar-refractivity contribution in [3.05, 3.63) is 71.9 Å². The van der Waals surface area contributed by atoms with Crippen LogP contribution in [0, 0.1) is 11.6 Å². The molecular weight excluding hydrogens is 274 g/mol. The van der Waals surface area contributed by atoms with Gasteiger partial charge < -0.3 is 5.32 Å². The molecule has 0 aliphatic heterocycles. The number of anilines is 1. The standard InChI is InChI=1S/C16H10F2N2O/c17-11-6-7-12(13(18)9-11)16(21)20-14-5-1-3-10-4-2-8-19-15(10)14/h1-9H,(H,20,21). The lowest BCUT2D eigenvalue weighted by molar-refractivity contribution is 0.102.